The Morgan fingerprint density at radius 2 is 1.78 bits per heavy atom. The predicted octanol–water partition coefficient (Wildman–Crippen LogP) is 3.29. The molecule has 2 aliphatic heterocycles. The van der Waals surface area contributed by atoms with Crippen LogP contribution in [0.15, 0.2) is 39.5 Å². The molecule has 1 aromatic heterocycles. The molecule has 0 radical (unpaired) electrons. The van der Waals surface area contributed by atoms with Gasteiger partial charge in [0, 0.05) is 35.7 Å². The molecule has 11 nitrogen and oxygen atoms in total. The Bertz CT molecular complexity index is 1400. The zero-order valence-corrected chi connectivity index (χ0v) is 19.7. The number of hydrogen-bond donors (Lipinski definition) is 2. The lowest BCUT2D eigenvalue weighted by molar-refractivity contribution is -0.116. The predicted molar refractivity (Wildman–Crippen MR) is 125 cm³/mol. The van der Waals surface area contributed by atoms with Gasteiger partial charge in [0.25, 0.3) is 0 Å². The fraction of sp³-hybridized carbons (Fsp3) is 0.280. The van der Waals surface area contributed by atoms with Gasteiger partial charge in [-0.3, -0.25) is 4.79 Å². The molecule has 0 fully saturated rings. The van der Waals surface area contributed by atoms with Gasteiger partial charge in [0.1, 0.15) is 11.5 Å². The van der Waals surface area contributed by atoms with Crippen LogP contribution in [-0.4, -0.2) is 38.8 Å². The van der Waals surface area contributed by atoms with E-state index in [1.54, 1.807) is 24.3 Å². The number of carbonyl (C=O) groups excluding carboxylic acids is 1. The number of ether oxygens (including phenoxy) is 6. The Labute approximate surface area is 205 Å². The topological polar surface area (TPSA) is 135 Å². The minimum Gasteiger partial charge on any atom is -0.507 e. The van der Waals surface area contributed by atoms with Crippen LogP contribution in [0.3, 0.4) is 0 Å². The molecular formula is C25H23NO10. The lowest BCUT2D eigenvalue weighted by Gasteiger charge is -2.22. The van der Waals surface area contributed by atoms with E-state index in [1.165, 1.54) is 27.2 Å². The zero-order valence-electron chi connectivity index (χ0n) is 19.7. The van der Waals surface area contributed by atoms with Gasteiger partial charge in [-0.25, -0.2) is 4.79 Å². The van der Waals surface area contributed by atoms with E-state index in [-0.39, 0.29) is 48.6 Å². The van der Waals surface area contributed by atoms with Crippen LogP contribution in [0.2, 0.25) is 0 Å². The molecule has 0 bridgehead atoms. The molecule has 2 aromatic carbocycles. The molecule has 0 unspecified atom stereocenters. The standard InChI is InChI=1S/C25H23NO10/c1-12-6-16(27)21(25(29)36-12)14(9-20(28)26-13-4-5-17-18(7-13)33-10-32-17)15-8-19(30-2)23-24(22(15)31-3)35-11-34-23/h4-8,14,27H,9-11H2,1-3H3,(H,26,28)/t14-/m0/s1. The van der Waals surface area contributed by atoms with Gasteiger partial charge in [-0.05, 0) is 25.1 Å². The molecule has 0 aliphatic carbocycles. The van der Waals surface area contributed by atoms with Crippen LogP contribution in [0.5, 0.6) is 40.2 Å². The maximum Gasteiger partial charge on any atom is 0.343 e. The van der Waals surface area contributed by atoms with Gasteiger partial charge in [0.2, 0.25) is 31.0 Å². The monoisotopic (exact) mass is 497 g/mol. The SMILES string of the molecule is COc1cc([C@H](CC(=O)Nc2ccc3c(c2)OCO3)c2c(O)cc(C)oc2=O)c(OC)c2c1OCO2. The molecule has 0 saturated heterocycles. The number of aryl methyl sites for hydroxylation is 1. The molecule has 36 heavy (non-hydrogen) atoms. The molecule has 2 aliphatic rings. The van der Waals surface area contributed by atoms with Crippen molar-refractivity contribution in [2.24, 2.45) is 0 Å². The fourth-order valence-corrected chi connectivity index (χ4v) is 4.32. The summed E-state index contributed by atoms with van der Waals surface area (Å²) in [6, 6.07) is 7.89. The van der Waals surface area contributed by atoms with E-state index in [2.05, 4.69) is 5.32 Å². The molecule has 0 saturated carbocycles. The van der Waals surface area contributed by atoms with Gasteiger partial charge in [0.15, 0.2) is 23.0 Å². The van der Waals surface area contributed by atoms with Crippen molar-refractivity contribution in [1.29, 1.82) is 0 Å². The average Bonchev–Trinajstić information content (AvgIpc) is 3.51. The van der Waals surface area contributed by atoms with Crippen molar-refractivity contribution in [3.63, 3.8) is 0 Å². The summed E-state index contributed by atoms with van der Waals surface area (Å²) in [4.78, 5) is 26.1. The second kappa shape index (κ2) is 9.25. The van der Waals surface area contributed by atoms with E-state index in [9.17, 15) is 14.7 Å². The first-order valence-corrected chi connectivity index (χ1v) is 11.0. The quantitative estimate of drug-likeness (QED) is 0.501. The van der Waals surface area contributed by atoms with Crippen molar-refractivity contribution in [3.8, 4) is 40.2 Å². The molecule has 0 spiro atoms. The first-order chi connectivity index (χ1) is 17.4. The van der Waals surface area contributed by atoms with E-state index in [0.29, 0.717) is 34.2 Å². The average molecular weight is 497 g/mol. The van der Waals surface area contributed by atoms with Gasteiger partial charge in [-0.2, -0.15) is 0 Å². The van der Waals surface area contributed by atoms with Gasteiger partial charge in [0.05, 0.1) is 19.8 Å². The molecule has 11 heteroatoms. The lowest BCUT2D eigenvalue weighted by atomic mass is 9.87. The number of carbonyl (C=O) groups is 1. The van der Waals surface area contributed by atoms with Crippen LogP contribution in [0.4, 0.5) is 5.69 Å². The van der Waals surface area contributed by atoms with E-state index < -0.39 is 17.5 Å². The lowest BCUT2D eigenvalue weighted by Crippen LogP contribution is -2.21. The Hall–Kier alpha value is -4.54. The van der Waals surface area contributed by atoms with Crippen LogP contribution in [-0.2, 0) is 4.79 Å². The Morgan fingerprint density at radius 1 is 1.03 bits per heavy atom. The normalized spacial score (nSPS) is 13.9. The number of anilines is 1. The summed E-state index contributed by atoms with van der Waals surface area (Å²) in [5.41, 5.74) is -0.0583. The molecule has 1 amide bonds. The van der Waals surface area contributed by atoms with E-state index in [0.717, 1.165) is 0 Å². The fourth-order valence-electron chi connectivity index (χ4n) is 4.32. The second-order valence-corrected chi connectivity index (χ2v) is 8.08. The number of aromatic hydroxyl groups is 1. The second-order valence-electron chi connectivity index (χ2n) is 8.08. The summed E-state index contributed by atoms with van der Waals surface area (Å²) in [6.45, 7) is 1.58. The molecule has 2 N–H and O–H groups in total. The van der Waals surface area contributed by atoms with Crippen molar-refractivity contribution in [1.82, 2.24) is 0 Å². The van der Waals surface area contributed by atoms with Crippen molar-refractivity contribution < 1.29 is 42.7 Å². The van der Waals surface area contributed by atoms with Gasteiger partial charge >= 0.3 is 5.63 Å². The highest BCUT2D eigenvalue weighted by Crippen LogP contribution is 2.53. The van der Waals surface area contributed by atoms with E-state index in [4.69, 9.17) is 32.8 Å². The minimum atomic E-state index is -0.991. The molecule has 5 rings (SSSR count). The number of hydrogen-bond acceptors (Lipinski definition) is 10. The van der Waals surface area contributed by atoms with Crippen LogP contribution in [0, 0.1) is 6.92 Å². The van der Waals surface area contributed by atoms with Crippen molar-refractivity contribution >= 4 is 11.6 Å². The largest absolute Gasteiger partial charge is 0.507 e. The third-order valence-corrected chi connectivity index (χ3v) is 5.87. The van der Waals surface area contributed by atoms with E-state index >= 15 is 0 Å². The Morgan fingerprint density at radius 3 is 2.53 bits per heavy atom. The summed E-state index contributed by atoms with van der Waals surface area (Å²) in [7, 11) is 2.88. The molecule has 1 atom stereocenters. The summed E-state index contributed by atoms with van der Waals surface area (Å²) in [5.74, 6) is 0.702. The maximum absolute atomic E-state index is 13.2. The van der Waals surface area contributed by atoms with Crippen molar-refractivity contribution in [2.45, 2.75) is 19.3 Å². The first-order valence-electron chi connectivity index (χ1n) is 11.0. The van der Waals surface area contributed by atoms with Crippen LogP contribution < -0.4 is 39.4 Å². The summed E-state index contributed by atoms with van der Waals surface area (Å²) in [6.07, 6.45) is -0.255. The van der Waals surface area contributed by atoms with Crippen molar-refractivity contribution in [2.75, 3.05) is 33.1 Å². The number of amides is 1. The first kappa shape index (κ1) is 23.2. The Balaban J connectivity index is 1.58. The minimum absolute atomic E-state index is 0.0569. The molecule has 3 heterocycles. The summed E-state index contributed by atoms with van der Waals surface area (Å²) >= 11 is 0. The molecule has 3 aromatic rings. The van der Waals surface area contributed by atoms with Crippen LogP contribution in [0.25, 0.3) is 0 Å². The smallest absolute Gasteiger partial charge is 0.343 e. The van der Waals surface area contributed by atoms with Gasteiger partial charge < -0.3 is 43.3 Å². The Kier molecular flexibility index (Phi) is 5.96. The van der Waals surface area contributed by atoms with Crippen molar-refractivity contribution in [3.05, 3.63) is 57.6 Å². The van der Waals surface area contributed by atoms with Crippen LogP contribution in [0.1, 0.15) is 29.2 Å². The van der Waals surface area contributed by atoms with Gasteiger partial charge in [-0.15, -0.1) is 0 Å². The third-order valence-electron chi connectivity index (χ3n) is 5.87. The summed E-state index contributed by atoms with van der Waals surface area (Å²) in [5, 5.41) is 13.5. The highest BCUT2D eigenvalue weighted by Gasteiger charge is 2.34. The number of rotatable bonds is 7. The third kappa shape index (κ3) is 4.08. The molecular weight excluding hydrogens is 474 g/mol. The number of benzene rings is 2. The highest BCUT2D eigenvalue weighted by molar-refractivity contribution is 5.92. The highest BCUT2D eigenvalue weighted by atomic mass is 16.7. The van der Waals surface area contributed by atoms with E-state index in [1.807, 2.05) is 0 Å². The summed E-state index contributed by atoms with van der Waals surface area (Å²) < 4.78 is 38.1. The number of nitrogens with one attached hydrogen (secondary N) is 1. The maximum atomic E-state index is 13.2. The van der Waals surface area contributed by atoms with Gasteiger partial charge in [-0.1, -0.05) is 0 Å². The van der Waals surface area contributed by atoms with Crippen LogP contribution >= 0.6 is 0 Å². The molecule has 188 valence electrons. The number of fused-ring (bicyclic) bond motifs is 2. The number of methoxy groups -OCH3 is 2. The zero-order chi connectivity index (χ0) is 25.4.